The number of hydrogen-bond acceptors (Lipinski definition) is 4. The van der Waals surface area contributed by atoms with Crippen LogP contribution in [0.5, 0.6) is 0 Å². The van der Waals surface area contributed by atoms with Gasteiger partial charge in [0.1, 0.15) is 4.21 Å². The molecule has 4 nitrogen and oxygen atoms in total. The van der Waals surface area contributed by atoms with Gasteiger partial charge in [-0.15, -0.1) is 11.3 Å². The van der Waals surface area contributed by atoms with Crippen LogP contribution >= 0.6 is 11.3 Å². The molecule has 0 spiro atoms. The lowest BCUT2D eigenvalue weighted by Crippen LogP contribution is -2.39. The molecule has 1 aliphatic rings. The molecule has 0 bridgehead atoms. The summed E-state index contributed by atoms with van der Waals surface area (Å²) in [7, 11) is -3.40. The highest BCUT2D eigenvalue weighted by Gasteiger charge is 2.39. The molecule has 2 unspecified atom stereocenters. The minimum absolute atomic E-state index is 0.0691. The lowest BCUT2D eigenvalue weighted by molar-refractivity contribution is 0.285. The molecule has 1 saturated heterocycles. The van der Waals surface area contributed by atoms with E-state index < -0.39 is 10.0 Å². The molecular weight excluding hydrogens is 270 g/mol. The van der Waals surface area contributed by atoms with Gasteiger partial charge in [0.05, 0.1) is 6.61 Å². The van der Waals surface area contributed by atoms with Crippen molar-refractivity contribution in [1.82, 2.24) is 4.31 Å². The average Bonchev–Trinajstić information content (AvgIpc) is 2.95. The van der Waals surface area contributed by atoms with Gasteiger partial charge < -0.3 is 5.11 Å². The Balaban J connectivity index is 2.35. The van der Waals surface area contributed by atoms with Crippen LogP contribution in [0.4, 0.5) is 0 Å². The zero-order valence-electron chi connectivity index (χ0n) is 10.7. The van der Waals surface area contributed by atoms with Gasteiger partial charge in [-0.25, -0.2) is 8.42 Å². The van der Waals surface area contributed by atoms with E-state index in [0.29, 0.717) is 9.09 Å². The van der Waals surface area contributed by atoms with Gasteiger partial charge in [-0.3, -0.25) is 0 Å². The molecule has 2 atom stereocenters. The molecule has 102 valence electrons. The summed E-state index contributed by atoms with van der Waals surface area (Å²) in [6.07, 6.45) is 2.72. The first-order valence-corrected chi connectivity index (χ1v) is 8.49. The molecule has 0 amide bonds. The van der Waals surface area contributed by atoms with E-state index in [9.17, 15) is 8.42 Å². The number of aliphatic hydroxyl groups excluding tert-OH is 1. The summed E-state index contributed by atoms with van der Waals surface area (Å²) >= 11 is 1.16. The monoisotopic (exact) mass is 289 g/mol. The number of thiophene rings is 1. The fourth-order valence-corrected chi connectivity index (χ4v) is 5.82. The summed E-state index contributed by atoms with van der Waals surface area (Å²) in [5, 5.41) is 9.03. The third-order valence-corrected chi connectivity index (χ3v) is 7.11. The van der Waals surface area contributed by atoms with Gasteiger partial charge in [-0.05, 0) is 38.3 Å². The third kappa shape index (κ3) is 2.34. The predicted molar refractivity (Wildman–Crippen MR) is 72.0 cm³/mol. The normalized spacial score (nSPS) is 25.7. The van der Waals surface area contributed by atoms with E-state index in [0.717, 1.165) is 30.6 Å². The summed E-state index contributed by atoms with van der Waals surface area (Å²) in [5.41, 5.74) is 0. The Kier molecular flexibility index (Phi) is 4.11. The Morgan fingerprint density at radius 1 is 1.44 bits per heavy atom. The molecule has 1 N–H and O–H groups in total. The Bertz CT molecular complexity index is 509. The largest absolute Gasteiger partial charge is 0.391 e. The van der Waals surface area contributed by atoms with Crippen molar-refractivity contribution in [2.45, 2.75) is 56.0 Å². The predicted octanol–water partition coefficient (Wildman–Crippen LogP) is 2.19. The summed E-state index contributed by atoms with van der Waals surface area (Å²) in [5.74, 6) is 0. The first-order valence-electron chi connectivity index (χ1n) is 6.23. The minimum Gasteiger partial charge on any atom is -0.391 e. The van der Waals surface area contributed by atoms with E-state index in [1.165, 1.54) is 0 Å². The van der Waals surface area contributed by atoms with Crippen LogP contribution in [-0.2, 0) is 16.6 Å². The van der Waals surface area contributed by atoms with Crippen molar-refractivity contribution >= 4 is 21.4 Å². The van der Waals surface area contributed by atoms with E-state index in [-0.39, 0.29) is 18.7 Å². The van der Waals surface area contributed by atoms with Gasteiger partial charge in [0.2, 0.25) is 0 Å². The van der Waals surface area contributed by atoms with Gasteiger partial charge in [-0.2, -0.15) is 4.31 Å². The van der Waals surface area contributed by atoms with E-state index in [4.69, 9.17) is 5.11 Å². The Morgan fingerprint density at radius 2 is 2.17 bits per heavy atom. The molecule has 0 aromatic carbocycles. The van der Waals surface area contributed by atoms with E-state index in [2.05, 4.69) is 0 Å². The average molecular weight is 289 g/mol. The topological polar surface area (TPSA) is 57.6 Å². The van der Waals surface area contributed by atoms with Gasteiger partial charge >= 0.3 is 0 Å². The maximum Gasteiger partial charge on any atom is 0.253 e. The van der Waals surface area contributed by atoms with Gasteiger partial charge in [0.25, 0.3) is 10.0 Å². The first-order chi connectivity index (χ1) is 8.50. The minimum atomic E-state index is -3.40. The molecule has 2 heterocycles. The van der Waals surface area contributed by atoms with Crippen molar-refractivity contribution in [2.24, 2.45) is 0 Å². The van der Waals surface area contributed by atoms with Gasteiger partial charge in [0, 0.05) is 17.0 Å². The van der Waals surface area contributed by atoms with E-state index in [1.807, 2.05) is 13.8 Å². The summed E-state index contributed by atoms with van der Waals surface area (Å²) < 4.78 is 27.2. The molecule has 0 radical (unpaired) electrons. The lowest BCUT2D eigenvalue weighted by atomic mass is 10.2. The highest BCUT2D eigenvalue weighted by Crippen LogP contribution is 2.34. The molecule has 0 saturated carbocycles. The lowest BCUT2D eigenvalue weighted by Gasteiger charge is -2.26. The molecular formula is C12H19NO3S2. The maximum atomic E-state index is 12.6. The number of nitrogens with zero attached hydrogens (tertiary/aromatic N) is 1. The molecule has 1 aliphatic heterocycles. The van der Waals surface area contributed by atoms with Crippen LogP contribution in [-0.4, -0.2) is 29.9 Å². The Hall–Kier alpha value is -0.430. The highest BCUT2D eigenvalue weighted by atomic mass is 32.2. The van der Waals surface area contributed by atoms with Crippen LogP contribution in [0.2, 0.25) is 0 Å². The second-order valence-electron chi connectivity index (χ2n) is 4.70. The molecule has 1 fully saturated rings. The SMILES string of the molecule is CCC1CCC(C)N1S(=O)(=O)c1ccc(CO)s1. The van der Waals surface area contributed by atoms with Crippen molar-refractivity contribution in [3.63, 3.8) is 0 Å². The number of hydrogen-bond donors (Lipinski definition) is 1. The molecule has 2 rings (SSSR count). The third-order valence-electron chi connectivity index (χ3n) is 3.51. The fourth-order valence-electron chi connectivity index (χ4n) is 2.55. The summed E-state index contributed by atoms with van der Waals surface area (Å²) in [6.45, 7) is 3.89. The zero-order chi connectivity index (χ0) is 13.3. The molecule has 6 heteroatoms. The van der Waals surface area contributed by atoms with Crippen molar-refractivity contribution in [1.29, 1.82) is 0 Å². The Morgan fingerprint density at radius 3 is 2.72 bits per heavy atom. The first kappa shape index (κ1) is 14.0. The number of rotatable bonds is 4. The summed E-state index contributed by atoms with van der Waals surface area (Å²) in [6, 6.07) is 3.46. The number of sulfonamides is 1. The molecule has 18 heavy (non-hydrogen) atoms. The van der Waals surface area contributed by atoms with Crippen molar-refractivity contribution in [2.75, 3.05) is 0 Å². The maximum absolute atomic E-state index is 12.6. The van der Waals surface area contributed by atoms with Crippen LogP contribution in [0.3, 0.4) is 0 Å². The molecule has 1 aromatic rings. The zero-order valence-corrected chi connectivity index (χ0v) is 12.3. The second kappa shape index (κ2) is 5.28. The highest BCUT2D eigenvalue weighted by molar-refractivity contribution is 7.91. The quantitative estimate of drug-likeness (QED) is 0.924. The summed E-state index contributed by atoms with van der Waals surface area (Å²) in [4.78, 5) is 0.688. The molecule has 1 aromatic heterocycles. The fraction of sp³-hybridized carbons (Fsp3) is 0.667. The van der Waals surface area contributed by atoms with Gasteiger partial charge in [-0.1, -0.05) is 6.92 Å². The smallest absolute Gasteiger partial charge is 0.253 e. The van der Waals surface area contributed by atoms with E-state index in [1.54, 1.807) is 16.4 Å². The van der Waals surface area contributed by atoms with Crippen LogP contribution < -0.4 is 0 Å². The molecule has 0 aliphatic carbocycles. The van der Waals surface area contributed by atoms with Crippen LogP contribution in [0.15, 0.2) is 16.3 Å². The van der Waals surface area contributed by atoms with Crippen molar-refractivity contribution in [3.8, 4) is 0 Å². The van der Waals surface area contributed by atoms with Crippen LogP contribution in [0.1, 0.15) is 38.0 Å². The standard InChI is InChI=1S/C12H19NO3S2/c1-3-10-5-4-9(2)13(10)18(15,16)12-7-6-11(8-14)17-12/h6-7,9-10,14H,3-5,8H2,1-2H3. The van der Waals surface area contributed by atoms with Crippen LogP contribution in [0.25, 0.3) is 0 Å². The Labute approximate surface area is 112 Å². The van der Waals surface area contributed by atoms with Gasteiger partial charge in [0.15, 0.2) is 0 Å². The van der Waals surface area contributed by atoms with Crippen molar-refractivity contribution < 1.29 is 13.5 Å². The van der Waals surface area contributed by atoms with Crippen LogP contribution in [0, 0.1) is 0 Å². The van der Waals surface area contributed by atoms with Crippen molar-refractivity contribution in [3.05, 3.63) is 17.0 Å². The second-order valence-corrected chi connectivity index (χ2v) is 7.94. The number of aliphatic hydroxyl groups is 1. The van der Waals surface area contributed by atoms with E-state index >= 15 is 0 Å².